The van der Waals surface area contributed by atoms with Crippen LogP contribution >= 0.6 is 0 Å². The van der Waals surface area contributed by atoms with Gasteiger partial charge in [0.1, 0.15) is 17.5 Å². The number of carbonyl (C=O) groups is 3. The van der Waals surface area contributed by atoms with E-state index >= 15 is 0 Å². The molecule has 12 heteroatoms. The summed E-state index contributed by atoms with van der Waals surface area (Å²) in [5, 5.41) is 0. The fourth-order valence-electron chi connectivity index (χ4n) is 8.83. The second kappa shape index (κ2) is 12.9. The van der Waals surface area contributed by atoms with Crippen molar-refractivity contribution in [3.8, 4) is 17.2 Å². The van der Waals surface area contributed by atoms with Gasteiger partial charge in [-0.15, -0.1) is 19.8 Å². The summed E-state index contributed by atoms with van der Waals surface area (Å²) in [5.74, 6) is -0.872. The van der Waals surface area contributed by atoms with Crippen LogP contribution in [0.1, 0.15) is 63.6 Å². The number of nitrogens with zero attached hydrogens (tertiary/aromatic N) is 2. The molecule has 2 bridgehead atoms. The quantitative estimate of drug-likeness (QED) is 0.131. The summed E-state index contributed by atoms with van der Waals surface area (Å²) in [6.07, 6.45) is 1.21. The number of esters is 2. The van der Waals surface area contributed by atoms with Crippen molar-refractivity contribution in [2.75, 3.05) is 19.6 Å². The van der Waals surface area contributed by atoms with Crippen molar-refractivity contribution in [2.45, 2.75) is 88.9 Å². The maximum Gasteiger partial charge on any atom is 0.573 e. The monoisotopic (exact) mass is 682 g/mol. The molecule has 0 aromatic heterocycles. The maximum absolute atomic E-state index is 14.2. The molecule has 2 aromatic carbocycles. The average molecular weight is 683 g/mol. The smallest absolute Gasteiger partial charge is 0.483 e. The molecular weight excluding hydrogens is 641 g/mol. The lowest BCUT2D eigenvalue weighted by Crippen LogP contribution is -2.79. The zero-order chi connectivity index (χ0) is 35.3. The van der Waals surface area contributed by atoms with Crippen molar-refractivity contribution >= 4 is 23.9 Å². The Morgan fingerprint density at radius 2 is 1.92 bits per heavy atom. The van der Waals surface area contributed by atoms with E-state index in [1.165, 1.54) is 44.2 Å². The Morgan fingerprint density at radius 1 is 1.14 bits per heavy atom. The van der Waals surface area contributed by atoms with Crippen LogP contribution in [0.3, 0.4) is 0 Å². The first-order valence-corrected chi connectivity index (χ1v) is 16.6. The van der Waals surface area contributed by atoms with E-state index in [9.17, 15) is 27.6 Å². The summed E-state index contributed by atoms with van der Waals surface area (Å²) in [6.45, 7) is 12.3. The largest absolute Gasteiger partial charge is 0.573 e. The molecule has 6 rings (SSSR count). The van der Waals surface area contributed by atoms with Gasteiger partial charge in [0.15, 0.2) is 11.5 Å². The summed E-state index contributed by atoms with van der Waals surface area (Å²) >= 11 is 0. The lowest BCUT2D eigenvalue weighted by molar-refractivity contribution is -0.274. The molecular formula is C37H41F3N2O7. The highest BCUT2D eigenvalue weighted by atomic mass is 19.4. The number of alkyl halides is 3. The minimum Gasteiger partial charge on any atom is -0.483 e. The highest BCUT2D eigenvalue weighted by Gasteiger charge is 2.75. The maximum atomic E-state index is 14.2. The van der Waals surface area contributed by atoms with Gasteiger partial charge in [0, 0.05) is 45.1 Å². The van der Waals surface area contributed by atoms with Gasteiger partial charge >= 0.3 is 18.3 Å². The van der Waals surface area contributed by atoms with Crippen LogP contribution in [-0.2, 0) is 31.0 Å². The summed E-state index contributed by atoms with van der Waals surface area (Å²) in [6, 6.07) is 8.44. The summed E-state index contributed by atoms with van der Waals surface area (Å²) < 4.78 is 61.7. The minimum absolute atomic E-state index is 0.0583. The third-order valence-corrected chi connectivity index (χ3v) is 10.2. The van der Waals surface area contributed by atoms with Gasteiger partial charge in [-0.05, 0) is 67.0 Å². The van der Waals surface area contributed by atoms with E-state index < -0.39 is 41.5 Å². The normalized spacial score (nSPS) is 26.9. The fourth-order valence-corrected chi connectivity index (χ4v) is 8.83. The molecule has 4 aliphatic rings. The number of rotatable bonds is 10. The molecule has 49 heavy (non-hydrogen) atoms. The molecule has 1 amide bonds. The SMILES string of the molecule is C=CCN1CC[C@]23c4c5ccc(OC(C)=O)c4O[C@H]2[C@@H](N(CC(C)C)C(=O)C=Cc2cccc(OC(F)(F)F)c2)CC[C@@]3(OC(C)=O)[C@H]1C5. The molecule has 0 unspecified atom stereocenters. The molecule has 1 spiro atoms. The Labute approximate surface area is 283 Å². The Morgan fingerprint density at radius 3 is 2.59 bits per heavy atom. The van der Waals surface area contributed by atoms with Crippen LogP contribution in [-0.4, -0.2) is 77.4 Å². The van der Waals surface area contributed by atoms with E-state index in [1.54, 1.807) is 17.0 Å². The van der Waals surface area contributed by atoms with Crippen molar-refractivity contribution in [1.29, 1.82) is 0 Å². The highest BCUT2D eigenvalue weighted by Crippen LogP contribution is 2.67. The lowest BCUT2D eigenvalue weighted by atomic mass is 9.48. The van der Waals surface area contributed by atoms with Gasteiger partial charge in [0.25, 0.3) is 0 Å². The molecule has 262 valence electrons. The number of hydrogen-bond acceptors (Lipinski definition) is 8. The molecule has 2 aromatic rings. The predicted molar refractivity (Wildman–Crippen MR) is 174 cm³/mol. The first-order chi connectivity index (χ1) is 23.2. The Bertz CT molecular complexity index is 1690. The van der Waals surface area contributed by atoms with Gasteiger partial charge in [-0.1, -0.05) is 38.1 Å². The van der Waals surface area contributed by atoms with Gasteiger partial charge in [-0.2, -0.15) is 0 Å². The van der Waals surface area contributed by atoms with Crippen molar-refractivity contribution < 1.29 is 46.5 Å². The number of ether oxygens (including phenoxy) is 4. The van der Waals surface area contributed by atoms with Crippen LogP contribution in [0, 0.1) is 5.92 Å². The van der Waals surface area contributed by atoms with Crippen LogP contribution in [0.5, 0.6) is 17.2 Å². The highest BCUT2D eigenvalue weighted by molar-refractivity contribution is 5.92. The van der Waals surface area contributed by atoms with Crippen LogP contribution in [0.25, 0.3) is 6.08 Å². The van der Waals surface area contributed by atoms with Crippen LogP contribution in [0.15, 0.2) is 55.1 Å². The number of amides is 1. The van der Waals surface area contributed by atoms with E-state index in [4.69, 9.17) is 14.2 Å². The van der Waals surface area contributed by atoms with Crippen molar-refractivity contribution in [3.63, 3.8) is 0 Å². The van der Waals surface area contributed by atoms with Crippen molar-refractivity contribution in [3.05, 3.63) is 71.8 Å². The second-order valence-electron chi connectivity index (χ2n) is 13.7. The first-order valence-electron chi connectivity index (χ1n) is 16.6. The van der Waals surface area contributed by atoms with Crippen LogP contribution in [0.4, 0.5) is 13.2 Å². The summed E-state index contributed by atoms with van der Waals surface area (Å²) in [7, 11) is 0. The zero-order valence-corrected chi connectivity index (χ0v) is 28.0. The molecule has 0 N–H and O–H groups in total. The van der Waals surface area contributed by atoms with Gasteiger partial charge in [0.05, 0.1) is 17.5 Å². The molecule has 2 fully saturated rings. The third kappa shape index (κ3) is 6.08. The first kappa shape index (κ1) is 34.5. The minimum atomic E-state index is -4.85. The molecule has 2 heterocycles. The van der Waals surface area contributed by atoms with E-state index in [0.29, 0.717) is 56.6 Å². The number of likely N-dealkylation sites (tertiary alicyclic amines) is 1. The Kier molecular flexibility index (Phi) is 9.06. The number of benzene rings is 2. The molecule has 2 aliphatic heterocycles. The number of carbonyl (C=O) groups excluding carboxylic acids is 3. The topological polar surface area (TPSA) is 94.6 Å². The van der Waals surface area contributed by atoms with E-state index in [2.05, 4.69) is 16.2 Å². The zero-order valence-electron chi connectivity index (χ0n) is 28.0. The Balaban J connectivity index is 1.44. The fraction of sp³-hybridized carbons (Fsp3) is 0.486. The molecule has 1 saturated carbocycles. The summed E-state index contributed by atoms with van der Waals surface area (Å²) in [5.41, 5.74) is 0.394. The Hall–Kier alpha value is -4.32. The van der Waals surface area contributed by atoms with Crippen molar-refractivity contribution in [2.24, 2.45) is 5.92 Å². The molecule has 2 aliphatic carbocycles. The van der Waals surface area contributed by atoms with Gasteiger partial charge < -0.3 is 23.8 Å². The second-order valence-corrected chi connectivity index (χ2v) is 13.7. The number of hydrogen-bond donors (Lipinski definition) is 0. The molecule has 5 atom stereocenters. The lowest BCUT2D eigenvalue weighted by Gasteiger charge is -2.65. The molecule has 9 nitrogen and oxygen atoms in total. The average Bonchev–Trinajstić information content (AvgIpc) is 3.36. The predicted octanol–water partition coefficient (Wildman–Crippen LogP) is 5.99. The molecule has 1 saturated heterocycles. The molecule has 0 radical (unpaired) electrons. The number of piperidine rings is 1. The number of halogens is 3. The van der Waals surface area contributed by atoms with Crippen molar-refractivity contribution in [1.82, 2.24) is 9.80 Å². The summed E-state index contributed by atoms with van der Waals surface area (Å²) in [4.78, 5) is 43.4. The van der Waals surface area contributed by atoms with Gasteiger partial charge in [0.2, 0.25) is 5.91 Å². The third-order valence-electron chi connectivity index (χ3n) is 10.2. The van der Waals surface area contributed by atoms with E-state index in [1.807, 2.05) is 26.0 Å². The van der Waals surface area contributed by atoms with Gasteiger partial charge in [-0.25, -0.2) is 0 Å². The van der Waals surface area contributed by atoms with E-state index in [-0.39, 0.29) is 29.4 Å². The van der Waals surface area contributed by atoms with Gasteiger partial charge in [-0.3, -0.25) is 19.3 Å². The van der Waals surface area contributed by atoms with Crippen LogP contribution < -0.4 is 14.2 Å². The standard InChI is InChI=1S/C37H41F3N2O7/c1-6-17-41-18-16-35-32-26-11-12-29(46-23(4)43)33(32)47-34(35)28(14-15-36(35,30(41)20-26)48-24(5)44)42(21-22(2)3)31(45)13-10-25-8-7-9-27(19-25)49-37(38,39)40/h6-13,19,22,28,30,34H,1,14-18,20-21H2,2-5H3/t28-,30+,34-,35-,36+/m0/s1. The van der Waals surface area contributed by atoms with E-state index in [0.717, 1.165) is 11.1 Å². The van der Waals surface area contributed by atoms with Crippen LogP contribution in [0.2, 0.25) is 0 Å².